The molecule has 0 radical (unpaired) electrons. The molecule has 12 heteroatoms. The number of carbonyl (C=O) groups excluding carboxylic acids is 3. The minimum absolute atomic E-state index is 0.0472. The molecule has 3 amide bonds. The second-order valence-electron chi connectivity index (χ2n) is 13.8. The molecule has 12 nitrogen and oxygen atoms in total. The number of hydrogen-bond acceptors (Lipinski definition) is 8. The molecule has 3 aromatic rings. The number of aromatic nitrogens is 4. The van der Waals surface area contributed by atoms with Crippen LogP contribution in [0.15, 0.2) is 30.6 Å². The van der Waals surface area contributed by atoms with Crippen molar-refractivity contribution in [1.29, 1.82) is 0 Å². The average Bonchev–Trinajstić information content (AvgIpc) is 3.34. The van der Waals surface area contributed by atoms with Gasteiger partial charge in [-0.2, -0.15) is 4.98 Å². The van der Waals surface area contributed by atoms with Crippen LogP contribution in [0.2, 0.25) is 0 Å². The topological polar surface area (TPSA) is 126 Å². The fraction of sp³-hybridized carbons (Fsp3) is 0.576. The number of anilines is 2. The second-order valence-corrected chi connectivity index (χ2v) is 13.8. The highest BCUT2D eigenvalue weighted by atomic mass is 16.6. The van der Waals surface area contributed by atoms with E-state index in [0.29, 0.717) is 36.1 Å². The highest BCUT2D eigenvalue weighted by Gasteiger charge is 2.45. The van der Waals surface area contributed by atoms with Crippen molar-refractivity contribution in [3.63, 3.8) is 0 Å². The van der Waals surface area contributed by atoms with E-state index in [0.717, 1.165) is 49.6 Å². The van der Waals surface area contributed by atoms with Crippen LogP contribution >= 0.6 is 0 Å². The van der Waals surface area contributed by atoms with Gasteiger partial charge in [0, 0.05) is 51.0 Å². The number of rotatable bonds is 5. The molecule has 3 aliphatic rings. The number of hydrogen-bond donors (Lipinski definition) is 1. The lowest BCUT2D eigenvalue weighted by Gasteiger charge is -2.41. The summed E-state index contributed by atoms with van der Waals surface area (Å²) < 4.78 is 7.74. The predicted molar refractivity (Wildman–Crippen MR) is 171 cm³/mol. The van der Waals surface area contributed by atoms with Crippen LogP contribution in [0, 0.1) is 0 Å². The molecule has 1 saturated carbocycles. The van der Waals surface area contributed by atoms with E-state index in [2.05, 4.69) is 19.9 Å². The molecule has 2 saturated heterocycles. The van der Waals surface area contributed by atoms with Crippen molar-refractivity contribution in [1.82, 2.24) is 34.2 Å². The van der Waals surface area contributed by atoms with Crippen LogP contribution in [0.4, 0.5) is 16.6 Å². The molecule has 0 aromatic carbocycles. The molecule has 2 aliphatic heterocycles. The first-order valence-electron chi connectivity index (χ1n) is 16.1. The molecule has 240 valence electrons. The van der Waals surface area contributed by atoms with Crippen LogP contribution in [0.25, 0.3) is 11.0 Å². The Kier molecular flexibility index (Phi) is 8.41. The molecule has 1 aliphatic carbocycles. The molecule has 45 heavy (non-hydrogen) atoms. The molecule has 5 heterocycles. The Hall–Kier alpha value is -4.22. The Bertz CT molecular complexity index is 1560. The number of ether oxygens (including phenoxy) is 1. The summed E-state index contributed by atoms with van der Waals surface area (Å²) in [4.78, 5) is 58.5. The van der Waals surface area contributed by atoms with Gasteiger partial charge in [-0.15, -0.1) is 0 Å². The van der Waals surface area contributed by atoms with Crippen LogP contribution in [-0.2, 0) is 4.74 Å². The minimum atomic E-state index is -0.561. The van der Waals surface area contributed by atoms with Gasteiger partial charge in [-0.25, -0.2) is 14.8 Å². The summed E-state index contributed by atoms with van der Waals surface area (Å²) in [7, 11) is 3.54. The highest BCUT2D eigenvalue weighted by Crippen LogP contribution is 2.34. The maximum absolute atomic E-state index is 13.4. The summed E-state index contributed by atoms with van der Waals surface area (Å²) >= 11 is 0. The van der Waals surface area contributed by atoms with E-state index in [1.807, 2.05) is 36.6 Å². The molecule has 0 spiro atoms. The van der Waals surface area contributed by atoms with Crippen LogP contribution in [0.5, 0.6) is 0 Å². The van der Waals surface area contributed by atoms with Gasteiger partial charge in [-0.05, 0) is 64.7 Å². The number of amides is 3. The first kappa shape index (κ1) is 30.8. The van der Waals surface area contributed by atoms with Crippen molar-refractivity contribution in [2.24, 2.45) is 0 Å². The summed E-state index contributed by atoms with van der Waals surface area (Å²) in [6.45, 7) is 6.54. The van der Waals surface area contributed by atoms with Gasteiger partial charge in [0.1, 0.15) is 22.8 Å². The van der Waals surface area contributed by atoms with Gasteiger partial charge in [0.2, 0.25) is 5.95 Å². The minimum Gasteiger partial charge on any atom is -0.444 e. The smallest absolute Gasteiger partial charge is 0.410 e. The molecular weight excluding hydrogens is 572 g/mol. The maximum Gasteiger partial charge on any atom is 0.410 e. The standard InChI is InChI=1S/C33H44N8O4/c1-33(2,3)45-32(44)40-24-13-14-25(40)20-39(19-24)29(42)21-12-15-27(34-17-21)36-31-35-18-22-16-26(30(43)38(4)5)41(28(22)37-31)23-10-8-6-7-9-11-23/h12,15-18,23-25H,6-11,13-14,19-20H2,1-5H3,(H,34,35,36,37). The van der Waals surface area contributed by atoms with Gasteiger partial charge in [0.25, 0.3) is 11.8 Å². The van der Waals surface area contributed by atoms with Crippen molar-refractivity contribution in [2.75, 3.05) is 32.5 Å². The number of piperazine rings is 1. The van der Waals surface area contributed by atoms with Crippen molar-refractivity contribution >= 4 is 40.7 Å². The first-order chi connectivity index (χ1) is 21.5. The molecular formula is C33H44N8O4. The lowest BCUT2D eigenvalue weighted by Crippen LogP contribution is -2.57. The third kappa shape index (κ3) is 6.46. The number of fused-ring (bicyclic) bond motifs is 3. The Morgan fingerprint density at radius 2 is 1.60 bits per heavy atom. The lowest BCUT2D eigenvalue weighted by atomic mass is 10.1. The fourth-order valence-corrected chi connectivity index (χ4v) is 6.92. The largest absolute Gasteiger partial charge is 0.444 e. The number of nitrogens with one attached hydrogen (secondary N) is 1. The SMILES string of the molecule is CN(C)C(=O)c1cc2cnc(Nc3ccc(C(=O)N4CC5CCC(C4)N5C(=O)OC(C)(C)C)cn3)nc2n1C1CCCCCC1. The predicted octanol–water partition coefficient (Wildman–Crippen LogP) is 5.39. The molecule has 2 unspecified atom stereocenters. The Morgan fingerprint density at radius 3 is 2.20 bits per heavy atom. The fourth-order valence-electron chi connectivity index (χ4n) is 6.92. The first-order valence-corrected chi connectivity index (χ1v) is 16.1. The van der Waals surface area contributed by atoms with E-state index in [4.69, 9.17) is 9.72 Å². The molecule has 6 rings (SSSR count). The van der Waals surface area contributed by atoms with Crippen molar-refractivity contribution in [3.05, 3.63) is 41.9 Å². The third-order valence-corrected chi connectivity index (χ3v) is 9.02. The van der Waals surface area contributed by atoms with Gasteiger partial charge in [0.15, 0.2) is 0 Å². The third-order valence-electron chi connectivity index (χ3n) is 9.02. The second kappa shape index (κ2) is 12.3. The zero-order chi connectivity index (χ0) is 31.9. The number of carbonyl (C=O) groups is 3. The van der Waals surface area contributed by atoms with E-state index in [1.54, 1.807) is 43.5 Å². The van der Waals surface area contributed by atoms with E-state index in [9.17, 15) is 14.4 Å². The molecule has 3 fully saturated rings. The summed E-state index contributed by atoms with van der Waals surface area (Å²) in [5, 5.41) is 4.01. The summed E-state index contributed by atoms with van der Waals surface area (Å²) in [5.74, 6) is 0.735. The van der Waals surface area contributed by atoms with Gasteiger partial charge in [0.05, 0.1) is 17.6 Å². The molecule has 2 bridgehead atoms. The number of pyridine rings is 1. The van der Waals surface area contributed by atoms with E-state index in [1.165, 1.54) is 12.8 Å². The Balaban J connectivity index is 1.17. The van der Waals surface area contributed by atoms with E-state index >= 15 is 0 Å². The zero-order valence-corrected chi connectivity index (χ0v) is 27.0. The van der Waals surface area contributed by atoms with Crippen LogP contribution in [-0.4, -0.2) is 97.0 Å². The number of nitrogens with zero attached hydrogens (tertiary/aromatic N) is 7. The van der Waals surface area contributed by atoms with E-state index < -0.39 is 5.60 Å². The Morgan fingerprint density at radius 1 is 0.911 bits per heavy atom. The highest BCUT2D eigenvalue weighted by molar-refractivity contribution is 5.98. The molecule has 3 aromatic heterocycles. The van der Waals surface area contributed by atoms with Crippen LogP contribution < -0.4 is 5.32 Å². The lowest BCUT2D eigenvalue weighted by molar-refractivity contribution is -0.00336. The average molecular weight is 617 g/mol. The van der Waals surface area contributed by atoms with E-state index in [-0.39, 0.29) is 36.0 Å². The van der Waals surface area contributed by atoms with Crippen molar-refractivity contribution in [3.8, 4) is 0 Å². The normalized spacial score (nSPS) is 20.6. The van der Waals surface area contributed by atoms with Gasteiger partial charge in [-0.1, -0.05) is 25.7 Å². The monoisotopic (exact) mass is 616 g/mol. The van der Waals surface area contributed by atoms with Crippen molar-refractivity contribution in [2.45, 2.75) is 95.9 Å². The zero-order valence-electron chi connectivity index (χ0n) is 27.0. The quantitative estimate of drug-likeness (QED) is 0.378. The van der Waals surface area contributed by atoms with Gasteiger partial charge < -0.3 is 24.4 Å². The van der Waals surface area contributed by atoms with Crippen LogP contribution in [0.3, 0.4) is 0 Å². The molecule has 2 atom stereocenters. The number of likely N-dealkylation sites (tertiary alicyclic amines) is 1. The summed E-state index contributed by atoms with van der Waals surface area (Å²) in [6.07, 6.45) is 11.4. The Labute approximate surface area is 264 Å². The van der Waals surface area contributed by atoms with Crippen molar-refractivity contribution < 1.29 is 19.1 Å². The van der Waals surface area contributed by atoms with Crippen LogP contribution in [0.1, 0.15) is 99.0 Å². The summed E-state index contributed by atoms with van der Waals surface area (Å²) in [5.41, 5.74) is 1.29. The summed E-state index contributed by atoms with van der Waals surface area (Å²) in [6, 6.07) is 5.50. The maximum atomic E-state index is 13.4. The molecule has 1 N–H and O–H groups in total. The van der Waals surface area contributed by atoms with Gasteiger partial charge >= 0.3 is 6.09 Å². The van der Waals surface area contributed by atoms with Gasteiger partial charge in [-0.3, -0.25) is 14.5 Å².